The van der Waals surface area contributed by atoms with Crippen LogP contribution in [0.3, 0.4) is 0 Å². The van der Waals surface area contributed by atoms with Gasteiger partial charge in [0.05, 0.1) is 21.7 Å². The topological polar surface area (TPSA) is 122 Å². The van der Waals surface area contributed by atoms with Crippen LogP contribution in [0.25, 0.3) is 22.0 Å². The number of anilines is 1. The van der Waals surface area contributed by atoms with Gasteiger partial charge in [0.15, 0.2) is 5.13 Å². The highest BCUT2D eigenvalue weighted by molar-refractivity contribution is 7.14. The Kier molecular flexibility index (Phi) is 4.95. The number of nitro benzene ring substituents is 1. The van der Waals surface area contributed by atoms with Crippen LogP contribution in [0.15, 0.2) is 66.0 Å². The summed E-state index contributed by atoms with van der Waals surface area (Å²) in [5, 5.41) is 27.0. The molecular formula is C21H13N3O5S. The maximum absolute atomic E-state index is 12.6. The summed E-state index contributed by atoms with van der Waals surface area (Å²) in [5.41, 5.74) is 0.510. The van der Waals surface area contributed by atoms with Crippen LogP contribution in [0.5, 0.6) is 0 Å². The lowest BCUT2D eigenvalue weighted by atomic mass is 10.1. The predicted octanol–water partition coefficient (Wildman–Crippen LogP) is 4.82. The molecule has 3 aromatic carbocycles. The third-order valence-corrected chi connectivity index (χ3v) is 5.22. The first-order valence-electron chi connectivity index (χ1n) is 8.70. The molecule has 30 heavy (non-hydrogen) atoms. The fourth-order valence-electron chi connectivity index (χ4n) is 3.00. The Labute approximate surface area is 173 Å². The molecule has 0 fully saturated rings. The number of carbonyl (C=O) groups is 2. The molecule has 0 bridgehead atoms. The lowest BCUT2D eigenvalue weighted by Crippen LogP contribution is -2.16. The number of nitro groups is 1. The van der Waals surface area contributed by atoms with Crippen LogP contribution in [0, 0.1) is 10.1 Å². The van der Waals surface area contributed by atoms with Crippen LogP contribution in [0.1, 0.15) is 20.7 Å². The number of benzene rings is 3. The quantitative estimate of drug-likeness (QED) is 0.353. The first-order chi connectivity index (χ1) is 14.4. The lowest BCUT2D eigenvalue weighted by molar-refractivity contribution is -0.384. The molecule has 1 aromatic heterocycles. The Morgan fingerprint density at radius 3 is 2.50 bits per heavy atom. The van der Waals surface area contributed by atoms with Crippen LogP contribution in [-0.2, 0) is 0 Å². The maximum Gasteiger partial charge on any atom is 0.336 e. The highest BCUT2D eigenvalue weighted by atomic mass is 32.1. The molecule has 0 atom stereocenters. The van der Waals surface area contributed by atoms with E-state index in [1.807, 2.05) is 42.5 Å². The van der Waals surface area contributed by atoms with Gasteiger partial charge in [-0.1, -0.05) is 36.4 Å². The van der Waals surface area contributed by atoms with Crippen molar-refractivity contribution >= 4 is 44.8 Å². The van der Waals surface area contributed by atoms with E-state index in [0.29, 0.717) is 5.69 Å². The zero-order valence-corrected chi connectivity index (χ0v) is 16.1. The first kappa shape index (κ1) is 19.2. The van der Waals surface area contributed by atoms with Crippen molar-refractivity contribution in [3.05, 3.63) is 87.3 Å². The number of non-ortho nitro benzene ring substituents is 1. The molecule has 0 aliphatic rings. The van der Waals surface area contributed by atoms with Gasteiger partial charge in [-0.3, -0.25) is 20.2 Å². The number of hydrogen-bond acceptors (Lipinski definition) is 6. The molecule has 0 spiro atoms. The van der Waals surface area contributed by atoms with E-state index in [2.05, 4.69) is 10.3 Å². The molecule has 0 unspecified atom stereocenters. The standard InChI is InChI=1S/C21H13N3O5S/c25-19(16-8-7-15(24(28)29)10-17(16)20(26)27)23-21-22-18(11-30-21)14-6-5-12-3-1-2-4-13(12)9-14/h1-11H,(H,26,27)(H,22,23,25). The third kappa shape index (κ3) is 3.74. The normalized spacial score (nSPS) is 10.7. The van der Waals surface area contributed by atoms with Gasteiger partial charge in [0, 0.05) is 23.1 Å². The largest absolute Gasteiger partial charge is 0.478 e. The fraction of sp³-hybridized carbons (Fsp3) is 0. The molecule has 0 saturated carbocycles. The van der Waals surface area contributed by atoms with Gasteiger partial charge in [-0.2, -0.15) is 0 Å². The summed E-state index contributed by atoms with van der Waals surface area (Å²) in [7, 11) is 0. The molecule has 1 amide bonds. The SMILES string of the molecule is O=C(O)c1cc([N+](=O)[O-])ccc1C(=O)Nc1nc(-c2ccc3ccccc3c2)cs1. The van der Waals surface area contributed by atoms with Crippen molar-refractivity contribution in [1.29, 1.82) is 0 Å². The van der Waals surface area contributed by atoms with Crippen LogP contribution < -0.4 is 5.32 Å². The second kappa shape index (κ2) is 7.72. The van der Waals surface area contributed by atoms with Gasteiger partial charge in [-0.25, -0.2) is 9.78 Å². The fourth-order valence-corrected chi connectivity index (χ4v) is 3.71. The lowest BCUT2D eigenvalue weighted by Gasteiger charge is -2.06. The minimum atomic E-state index is -1.43. The summed E-state index contributed by atoms with van der Waals surface area (Å²) in [4.78, 5) is 38.6. The van der Waals surface area contributed by atoms with E-state index < -0.39 is 28.1 Å². The van der Waals surface area contributed by atoms with Crippen molar-refractivity contribution in [2.45, 2.75) is 0 Å². The predicted molar refractivity (Wildman–Crippen MR) is 113 cm³/mol. The van der Waals surface area contributed by atoms with Gasteiger partial charge < -0.3 is 5.11 Å². The number of aromatic carboxylic acids is 1. The van der Waals surface area contributed by atoms with Crippen LogP contribution in [0.4, 0.5) is 10.8 Å². The number of rotatable bonds is 5. The monoisotopic (exact) mass is 419 g/mol. The molecule has 2 N–H and O–H groups in total. The Balaban J connectivity index is 1.60. The summed E-state index contributed by atoms with van der Waals surface area (Å²) in [5.74, 6) is -2.14. The maximum atomic E-state index is 12.6. The van der Waals surface area contributed by atoms with E-state index in [9.17, 15) is 24.8 Å². The highest BCUT2D eigenvalue weighted by Gasteiger charge is 2.21. The number of carbonyl (C=O) groups excluding carboxylic acids is 1. The van der Waals surface area contributed by atoms with Crippen molar-refractivity contribution in [1.82, 2.24) is 4.98 Å². The van der Waals surface area contributed by atoms with Gasteiger partial charge in [0.2, 0.25) is 0 Å². The van der Waals surface area contributed by atoms with E-state index in [1.165, 1.54) is 11.3 Å². The van der Waals surface area contributed by atoms with Gasteiger partial charge >= 0.3 is 5.97 Å². The Morgan fingerprint density at radius 1 is 1.00 bits per heavy atom. The number of amides is 1. The van der Waals surface area contributed by atoms with Crippen molar-refractivity contribution in [3.8, 4) is 11.3 Å². The van der Waals surface area contributed by atoms with Crippen LogP contribution >= 0.6 is 11.3 Å². The van der Waals surface area contributed by atoms with Crippen molar-refractivity contribution < 1.29 is 19.6 Å². The molecule has 0 aliphatic heterocycles. The minimum absolute atomic E-state index is 0.185. The van der Waals surface area contributed by atoms with Crippen molar-refractivity contribution in [3.63, 3.8) is 0 Å². The van der Waals surface area contributed by atoms with Gasteiger partial charge in [-0.15, -0.1) is 11.3 Å². The number of thiazole rings is 1. The van der Waals surface area contributed by atoms with Gasteiger partial charge in [-0.05, 0) is 22.9 Å². The molecule has 0 radical (unpaired) electrons. The number of carboxylic acids is 1. The summed E-state index contributed by atoms with van der Waals surface area (Å²) >= 11 is 1.20. The highest BCUT2D eigenvalue weighted by Crippen LogP contribution is 2.28. The van der Waals surface area contributed by atoms with E-state index >= 15 is 0 Å². The smallest absolute Gasteiger partial charge is 0.336 e. The number of nitrogens with zero attached hydrogens (tertiary/aromatic N) is 2. The Hall–Kier alpha value is -4.11. The average Bonchev–Trinajstić information content (AvgIpc) is 3.21. The van der Waals surface area contributed by atoms with E-state index in [0.717, 1.165) is 34.5 Å². The van der Waals surface area contributed by atoms with Gasteiger partial charge in [0.1, 0.15) is 0 Å². The third-order valence-electron chi connectivity index (χ3n) is 4.46. The second-order valence-corrected chi connectivity index (χ2v) is 7.20. The van der Waals surface area contributed by atoms with Gasteiger partial charge in [0.25, 0.3) is 11.6 Å². The molecular weight excluding hydrogens is 406 g/mol. The summed E-state index contributed by atoms with van der Waals surface area (Å²) < 4.78 is 0. The Bertz CT molecular complexity index is 1320. The molecule has 1 heterocycles. The molecule has 4 aromatic rings. The Morgan fingerprint density at radius 2 is 1.77 bits per heavy atom. The van der Waals surface area contributed by atoms with Crippen LogP contribution in [0.2, 0.25) is 0 Å². The first-order valence-corrected chi connectivity index (χ1v) is 9.58. The molecule has 4 rings (SSSR count). The number of hydrogen-bond donors (Lipinski definition) is 2. The molecule has 148 valence electrons. The van der Waals surface area contributed by atoms with E-state index in [-0.39, 0.29) is 10.7 Å². The summed E-state index contributed by atoms with van der Waals surface area (Å²) in [6.07, 6.45) is 0. The summed E-state index contributed by atoms with van der Waals surface area (Å²) in [6.45, 7) is 0. The molecule has 8 nitrogen and oxygen atoms in total. The summed E-state index contributed by atoms with van der Waals surface area (Å²) in [6, 6.07) is 16.9. The molecule has 0 aliphatic carbocycles. The zero-order valence-electron chi connectivity index (χ0n) is 15.2. The van der Waals surface area contributed by atoms with Crippen LogP contribution in [-0.4, -0.2) is 26.9 Å². The number of fused-ring (bicyclic) bond motifs is 1. The second-order valence-electron chi connectivity index (χ2n) is 6.35. The van der Waals surface area contributed by atoms with E-state index in [4.69, 9.17) is 0 Å². The molecule has 0 saturated heterocycles. The number of aromatic nitrogens is 1. The van der Waals surface area contributed by atoms with Crippen molar-refractivity contribution in [2.75, 3.05) is 5.32 Å². The molecule has 9 heteroatoms. The van der Waals surface area contributed by atoms with E-state index in [1.54, 1.807) is 5.38 Å². The number of carboxylic acid groups (broad SMARTS) is 1. The average molecular weight is 419 g/mol. The zero-order chi connectivity index (χ0) is 21.3. The van der Waals surface area contributed by atoms with Crippen molar-refractivity contribution in [2.24, 2.45) is 0 Å². The number of nitrogens with one attached hydrogen (secondary N) is 1. The minimum Gasteiger partial charge on any atom is -0.478 e.